The molecule has 1 heterocycles. The number of benzene rings is 2. The zero-order chi connectivity index (χ0) is 21.0. The Labute approximate surface area is 172 Å². The summed E-state index contributed by atoms with van der Waals surface area (Å²) in [5.41, 5.74) is 3.09. The third-order valence-corrected chi connectivity index (χ3v) is 4.49. The average molecular weight is 393 g/mol. The van der Waals surface area contributed by atoms with Crippen molar-refractivity contribution in [1.29, 1.82) is 0 Å². The van der Waals surface area contributed by atoms with Crippen molar-refractivity contribution in [1.82, 2.24) is 0 Å². The van der Waals surface area contributed by atoms with E-state index in [9.17, 15) is 4.79 Å². The van der Waals surface area contributed by atoms with Gasteiger partial charge in [0.05, 0.1) is 13.2 Å². The summed E-state index contributed by atoms with van der Waals surface area (Å²) in [6.45, 7) is 11.4. The van der Waals surface area contributed by atoms with Crippen LogP contribution in [0.25, 0.3) is 6.08 Å². The summed E-state index contributed by atoms with van der Waals surface area (Å²) in [7, 11) is 0. The Morgan fingerprint density at radius 1 is 0.966 bits per heavy atom. The van der Waals surface area contributed by atoms with E-state index in [-0.39, 0.29) is 11.1 Å². The molecular weight excluding hydrogens is 366 g/mol. The normalized spacial score (nSPS) is 15.3. The number of carbonyl (C=O) groups excluding carboxylic acids is 1. The Bertz CT molecular complexity index is 950. The minimum absolute atomic E-state index is 0.0592. The molecule has 5 heteroatoms. The molecule has 0 aromatic heterocycles. The summed E-state index contributed by atoms with van der Waals surface area (Å²) in [6, 6.07) is 13.5. The first-order valence-electron chi connectivity index (χ1n) is 9.85. The number of carbonyl (C=O) groups is 1. The Kier molecular flexibility index (Phi) is 6.06. The Balaban J connectivity index is 1.87. The molecule has 0 atom stereocenters. The van der Waals surface area contributed by atoms with Gasteiger partial charge >= 0.3 is 5.97 Å². The Morgan fingerprint density at radius 2 is 1.62 bits per heavy atom. The first-order valence-corrected chi connectivity index (χ1v) is 9.85. The quantitative estimate of drug-likeness (QED) is 0.504. The van der Waals surface area contributed by atoms with E-state index in [0.717, 1.165) is 11.1 Å². The van der Waals surface area contributed by atoms with Crippen LogP contribution in [0.3, 0.4) is 0 Å². The summed E-state index contributed by atoms with van der Waals surface area (Å²) in [4.78, 5) is 16.7. The standard InChI is InChI=1S/C24H27NO4/c1-6-27-20-13-8-16(15-21(20)28-7-2)14-19-23(26)29-22(25-19)17-9-11-18(12-10-17)24(3,4)5/h8-15H,6-7H2,1-5H3/b19-14+. The van der Waals surface area contributed by atoms with Gasteiger partial charge in [0.25, 0.3) is 0 Å². The second-order valence-electron chi connectivity index (χ2n) is 7.74. The third kappa shape index (κ3) is 4.86. The van der Waals surface area contributed by atoms with Gasteiger partial charge in [-0.15, -0.1) is 0 Å². The van der Waals surface area contributed by atoms with Gasteiger partial charge in [0.15, 0.2) is 17.2 Å². The molecule has 0 fully saturated rings. The molecule has 0 unspecified atom stereocenters. The van der Waals surface area contributed by atoms with Gasteiger partial charge in [0, 0.05) is 5.56 Å². The van der Waals surface area contributed by atoms with Crippen LogP contribution < -0.4 is 9.47 Å². The lowest BCUT2D eigenvalue weighted by atomic mass is 9.87. The lowest BCUT2D eigenvalue weighted by molar-refractivity contribution is -0.129. The molecule has 3 rings (SSSR count). The highest BCUT2D eigenvalue weighted by Crippen LogP contribution is 2.30. The lowest BCUT2D eigenvalue weighted by Crippen LogP contribution is -2.11. The summed E-state index contributed by atoms with van der Waals surface area (Å²) in [5, 5.41) is 0. The van der Waals surface area contributed by atoms with Gasteiger partial charge in [-0.3, -0.25) is 0 Å². The first-order chi connectivity index (χ1) is 13.8. The van der Waals surface area contributed by atoms with Gasteiger partial charge in [0.1, 0.15) is 0 Å². The van der Waals surface area contributed by atoms with Crippen LogP contribution >= 0.6 is 0 Å². The molecule has 0 saturated carbocycles. The van der Waals surface area contributed by atoms with Crippen LogP contribution in [0.15, 0.2) is 53.2 Å². The monoisotopic (exact) mass is 393 g/mol. The second-order valence-corrected chi connectivity index (χ2v) is 7.74. The molecule has 0 amide bonds. The fourth-order valence-corrected chi connectivity index (χ4v) is 2.96. The minimum atomic E-state index is -0.466. The Hall–Kier alpha value is -3.08. The topological polar surface area (TPSA) is 57.1 Å². The van der Waals surface area contributed by atoms with Gasteiger partial charge in [0.2, 0.25) is 5.90 Å². The maximum atomic E-state index is 12.3. The number of ether oxygens (including phenoxy) is 3. The van der Waals surface area contributed by atoms with Crippen LogP contribution in [0, 0.1) is 0 Å². The molecule has 1 aliphatic heterocycles. The van der Waals surface area contributed by atoms with E-state index in [4.69, 9.17) is 14.2 Å². The maximum Gasteiger partial charge on any atom is 0.363 e. The molecule has 0 bridgehead atoms. The highest BCUT2D eigenvalue weighted by molar-refractivity contribution is 6.12. The van der Waals surface area contributed by atoms with Crippen molar-refractivity contribution >= 4 is 17.9 Å². The predicted octanol–water partition coefficient (Wildman–Crippen LogP) is 5.13. The number of esters is 1. The van der Waals surface area contributed by atoms with E-state index in [2.05, 4.69) is 25.8 Å². The molecule has 0 saturated heterocycles. The molecule has 29 heavy (non-hydrogen) atoms. The van der Waals surface area contributed by atoms with Crippen molar-refractivity contribution in [3.8, 4) is 11.5 Å². The molecule has 0 N–H and O–H groups in total. The number of cyclic esters (lactones) is 1. The Morgan fingerprint density at radius 3 is 2.24 bits per heavy atom. The third-order valence-electron chi connectivity index (χ3n) is 4.49. The zero-order valence-corrected chi connectivity index (χ0v) is 17.6. The van der Waals surface area contributed by atoms with E-state index in [0.29, 0.717) is 30.6 Å². The molecule has 0 aliphatic carbocycles. The predicted molar refractivity (Wildman–Crippen MR) is 115 cm³/mol. The molecule has 5 nitrogen and oxygen atoms in total. The SMILES string of the molecule is CCOc1ccc(/C=C2/N=C(c3ccc(C(C)(C)C)cc3)OC2=O)cc1OCC. The highest BCUT2D eigenvalue weighted by Gasteiger charge is 2.25. The number of rotatable bonds is 6. The lowest BCUT2D eigenvalue weighted by Gasteiger charge is -2.18. The number of nitrogens with zero attached hydrogens (tertiary/aromatic N) is 1. The zero-order valence-electron chi connectivity index (χ0n) is 17.6. The number of aliphatic imine (C=N–C) groups is 1. The molecule has 2 aromatic rings. The summed E-state index contributed by atoms with van der Waals surface area (Å²) < 4.78 is 16.6. The van der Waals surface area contributed by atoms with Gasteiger partial charge in [-0.2, -0.15) is 0 Å². The van der Waals surface area contributed by atoms with Gasteiger partial charge in [-0.25, -0.2) is 9.79 Å². The van der Waals surface area contributed by atoms with Gasteiger partial charge in [-0.05, 0) is 60.7 Å². The van der Waals surface area contributed by atoms with Crippen LogP contribution in [0.1, 0.15) is 51.3 Å². The van der Waals surface area contributed by atoms with E-state index < -0.39 is 5.97 Å². The second kappa shape index (κ2) is 8.52. The minimum Gasteiger partial charge on any atom is -0.490 e. The van der Waals surface area contributed by atoms with Crippen molar-refractivity contribution in [3.05, 3.63) is 64.9 Å². The van der Waals surface area contributed by atoms with Crippen LogP contribution in [0.2, 0.25) is 0 Å². The summed E-state index contributed by atoms with van der Waals surface area (Å²) >= 11 is 0. The van der Waals surface area contributed by atoms with Crippen LogP contribution in [0.4, 0.5) is 0 Å². The fraction of sp³-hybridized carbons (Fsp3) is 0.333. The van der Waals surface area contributed by atoms with Crippen molar-refractivity contribution in [2.24, 2.45) is 4.99 Å². The fourth-order valence-electron chi connectivity index (χ4n) is 2.96. The number of hydrogen-bond acceptors (Lipinski definition) is 5. The smallest absolute Gasteiger partial charge is 0.363 e. The molecular formula is C24H27NO4. The van der Waals surface area contributed by atoms with Crippen molar-refractivity contribution < 1.29 is 19.0 Å². The molecule has 2 aromatic carbocycles. The van der Waals surface area contributed by atoms with E-state index in [1.807, 2.05) is 56.3 Å². The molecule has 1 aliphatic rings. The van der Waals surface area contributed by atoms with Crippen LogP contribution in [0.5, 0.6) is 11.5 Å². The number of hydrogen-bond donors (Lipinski definition) is 0. The first kappa shape index (κ1) is 20.6. The molecule has 0 radical (unpaired) electrons. The van der Waals surface area contributed by atoms with Crippen molar-refractivity contribution in [3.63, 3.8) is 0 Å². The van der Waals surface area contributed by atoms with Crippen LogP contribution in [-0.4, -0.2) is 25.1 Å². The van der Waals surface area contributed by atoms with Crippen molar-refractivity contribution in [2.45, 2.75) is 40.0 Å². The maximum absolute atomic E-state index is 12.3. The van der Waals surface area contributed by atoms with Gasteiger partial charge < -0.3 is 14.2 Å². The van der Waals surface area contributed by atoms with E-state index >= 15 is 0 Å². The highest BCUT2D eigenvalue weighted by atomic mass is 16.6. The molecule has 0 spiro atoms. The summed E-state index contributed by atoms with van der Waals surface area (Å²) in [6.07, 6.45) is 1.69. The van der Waals surface area contributed by atoms with Crippen LogP contribution in [-0.2, 0) is 14.9 Å². The van der Waals surface area contributed by atoms with Crippen molar-refractivity contribution in [2.75, 3.05) is 13.2 Å². The average Bonchev–Trinajstić information content (AvgIpc) is 3.04. The molecule has 152 valence electrons. The van der Waals surface area contributed by atoms with E-state index in [1.165, 1.54) is 5.56 Å². The largest absolute Gasteiger partial charge is 0.490 e. The van der Waals surface area contributed by atoms with E-state index in [1.54, 1.807) is 6.08 Å². The van der Waals surface area contributed by atoms with Gasteiger partial charge in [-0.1, -0.05) is 39.0 Å². The summed E-state index contributed by atoms with van der Waals surface area (Å²) in [5.74, 6) is 1.16.